The third kappa shape index (κ3) is 6.06. The maximum Gasteiger partial charge on any atom is 0.239 e. The molecular formula is C17H23ClN2O2. The van der Waals surface area contributed by atoms with E-state index in [1.807, 2.05) is 12.1 Å². The first-order valence-corrected chi connectivity index (χ1v) is 8.32. The quantitative estimate of drug-likeness (QED) is 0.819. The summed E-state index contributed by atoms with van der Waals surface area (Å²) in [6.45, 7) is 0.0446. The van der Waals surface area contributed by atoms with Crippen LogP contribution >= 0.6 is 11.6 Å². The van der Waals surface area contributed by atoms with Crippen molar-refractivity contribution < 1.29 is 9.59 Å². The molecule has 0 spiro atoms. The Kier molecular flexibility index (Phi) is 6.72. The van der Waals surface area contributed by atoms with Crippen molar-refractivity contribution in [1.29, 1.82) is 0 Å². The van der Waals surface area contributed by atoms with E-state index in [-0.39, 0.29) is 30.8 Å². The molecule has 22 heavy (non-hydrogen) atoms. The molecule has 0 radical (unpaired) electrons. The number of carbonyl (C=O) groups excluding carboxylic acids is 2. The topological polar surface area (TPSA) is 58.2 Å². The largest absolute Gasteiger partial charge is 0.352 e. The molecule has 1 saturated carbocycles. The molecule has 0 unspecified atom stereocenters. The van der Waals surface area contributed by atoms with Gasteiger partial charge in [-0.15, -0.1) is 0 Å². The normalized spacial score (nSPS) is 15.9. The third-order valence-corrected chi connectivity index (χ3v) is 4.20. The van der Waals surface area contributed by atoms with E-state index >= 15 is 0 Å². The van der Waals surface area contributed by atoms with Gasteiger partial charge in [-0.05, 0) is 30.5 Å². The minimum absolute atomic E-state index is 0.0446. The van der Waals surface area contributed by atoms with E-state index < -0.39 is 0 Å². The van der Waals surface area contributed by atoms with Gasteiger partial charge in [0.05, 0.1) is 13.0 Å². The van der Waals surface area contributed by atoms with Crippen LogP contribution < -0.4 is 10.6 Å². The van der Waals surface area contributed by atoms with Crippen LogP contribution in [0.2, 0.25) is 5.02 Å². The molecule has 1 aliphatic carbocycles. The highest BCUT2D eigenvalue weighted by Crippen LogP contribution is 2.17. The molecule has 0 bridgehead atoms. The highest BCUT2D eigenvalue weighted by atomic mass is 35.5. The molecule has 1 fully saturated rings. The lowest BCUT2D eigenvalue weighted by atomic mass is 10.1. The van der Waals surface area contributed by atoms with E-state index in [2.05, 4.69) is 10.6 Å². The number of carbonyl (C=O) groups is 2. The summed E-state index contributed by atoms with van der Waals surface area (Å²) in [6, 6.07) is 7.40. The van der Waals surface area contributed by atoms with E-state index in [0.717, 1.165) is 18.4 Å². The Morgan fingerprint density at radius 3 is 2.27 bits per heavy atom. The summed E-state index contributed by atoms with van der Waals surface area (Å²) in [5.74, 6) is -0.255. The molecule has 1 aliphatic rings. The second-order valence-electron chi connectivity index (χ2n) is 5.84. The van der Waals surface area contributed by atoms with Crippen LogP contribution in [-0.2, 0) is 16.0 Å². The van der Waals surface area contributed by atoms with Gasteiger partial charge < -0.3 is 10.6 Å². The molecule has 0 atom stereocenters. The Morgan fingerprint density at radius 2 is 1.64 bits per heavy atom. The minimum Gasteiger partial charge on any atom is -0.352 e. The molecular weight excluding hydrogens is 300 g/mol. The van der Waals surface area contributed by atoms with Crippen LogP contribution in [-0.4, -0.2) is 24.4 Å². The molecule has 1 aromatic carbocycles. The van der Waals surface area contributed by atoms with Gasteiger partial charge in [-0.3, -0.25) is 9.59 Å². The summed E-state index contributed by atoms with van der Waals surface area (Å²) >= 11 is 5.80. The van der Waals surface area contributed by atoms with Gasteiger partial charge in [0.2, 0.25) is 11.8 Å². The van der Waals surface area contributed by atoms with Crippen LogP contribution in [0.5, 0.6) is 0 Å². The monoisotopic (exact) mass is 322 g/mol. The zero-order chi connectivity index (χ0) is 15.8. The van der Waals surface area contributed by atoms with E-state index in [1.54, 1.807) is 12.1 Å². The van der Waals surface area contributed by atoms with Gasteiger partial charge in [0.1, 0.15) is 0 Å². The Bertz CT molecular complexity index is 494. The summed E-state index contributed by atoms with van der Waals surface area (Å²) in [6.07, 6.45) is 7.21. The van der Waals surface area contributed by atoms with Crippen LogP contribution in [0.3, 0.4) is 0 Å². The van der Waals surface area contributed by atoms with E-state index in [4.69, 9.17) is 11.6 Å². The highest BCUT2D eigenvalue weighted by molar-refractivity contribution is 6.30. The summed E-state index contributed by atoms with van der Waals surface area (Å²) in [5.41, 5.74) is 0.881. The molecule has 0 aromatic heterocycles. The standard InChI is InChI=1S/C17H23ClN2O2/c18-14-9-7-13(8-10-14)11-16(21)19-12-17(22)20-15-5-3-1-2-4-6-15/h7-10,15H,1-6,11-12H2,(H,19,21)(H,20,22). The van der Waals surface area contributed by atoms with Gasteiger partial charge in [0.25, 0.3) is 0 Å². The summed E-state index contributed by atoms with van der Waals surface area (Å²) in [4.78, 5) is 23.7. The van der Waals surface area contributed by atoms with Crippen LogP contribution in [0.4, 0.5) is 0 Å². The first-order valence-electron chi connectivity index (χ1n) is 7.94. The van der Waals surface area contributed by atoms with Crippen molar-refractivity contribution in [2.45, 2.75) is 51.0 Å². The fourth-order valence-electron chi connectivity index (χ4n) is 2.73. The lowest BCUT2D eigenvalue weighted by Gasteiger charge is -2.16. The second kappa shape index (κ2) is 8.79. The Hall–Kier alpha value is -1.55. The zero-order valence-corrected chi connectivity index (χ0v) is 13.5. The molecule has 1 aromatic rings. The van der Waals surface area contributed by atoms with Crippen molar-refractivity contribution in [3.05, 3.63) is 34.9 Å². The van der Waals surface area contributed by atoms with E-state index in [1.165, 1.54) is 25.7 Å². The summed E-state index contributed by atoms with van der Waals surface area (Å²) < 4.78 is 0. The van der Waals surface area contributed by atoms with Gasteiger partial charge in [-0.25, -0.2) is 0 Å². The van der Waals surface area contributed by atoms with Crippen molar-refractivity contribution in [3.8, 4) is 0 Å². The lowest BCUT2D eigenvalue weighted by molar-refractivity contribution is -0.126. The Morgan fingerprint density at radius 1 is 1.00 bits per heavy atom. The number of amides is 2. The number of rotatable bonds is 5. The molecule has 2 rings (SSSR count). The Balaban J connectivity index is 1.68. The van der Waals surface area contributed by atoms with Crippen molar-refractivity contribution in [2.75, 3.05) is 6.54 Å². The van der Waals surface area contributed by atoms with Crippen molar-refractivity contribution in [3.63, 3.8) is 0 Å². The van der Waals surface area contributed by atoms with Gasteiger partial charge in [0.15, 0.2) is 0 Å². The smallest absolute Gasteiger partial charge is 0.239 e. The van der Waals surface area contributed by atoms with Crippen molar-refractivity contribution >= 4 is 23.4 Å². The predicted molar refractivity (Wildman–Crippen MR) is 87.8 cm³/mol. The van der Waals surface area contributed by atoms with Crippen molar-refractivity contribution in [1.82, 2.24) is 10.6 Å². The van der Waals surface area contributed by atoms with Crippen LogP contribution in [0, 0.1) is 0 Å². The van der Waals surface area contributed by atoms with Crippen LogP contribution in [0.1, 0.15) is 44.1 Å². The second-order valence-corrected chi connectivity index (χ2v) is 6.27. The lowest BCUT2D eigenvalue weighted by Crippen LogP contribution is -2.42. The molecule has 2 N–H and O–H groups in total. The van der Waals surface area contributed by atoms with Crippen molar-refractivity contribution in [2.24, 2.45) is 0 Å². The molecule has 0 heterocycles. The Labute approximate surface area is 136 Å². The fourth-order valence-corrected chi connectivity index (χ4v) is 2.86. The highest BCUT2D eigenvalue weighted by Gasteiger charge is 2.15. The molecule has 0 aliphatic heterocycles. The molecule has 0 saturated heterocycles. The molecule has 2 amide bonds. The number of hydrogen-bond acceptors (Lipinski definition) is 2. The first-order chi connectivity index (χ1) is 10.6. The minimum atomic E-state index is -0.154. The van der Waals surface area contributed by atoms with E-state index in [0.29, 0.717) is 5.02 Å². The SMILES string of the molecule is O=C(Cc1ccc(Cl)cc1)NCC(=O)NC1CCCCCC1. The van der Waals surface area contributed by atoms with Crippen LogP contribution in [0.15, 0.2) is 24.3 Å². The maximum absolute atomic E-state index is 11.9. The van der Waals surface area contributed by atoms with E-state index in [9.17, 15) is 9.59 Å². The summed E-state index contributed by atoms with van der Waals surface area (Å²) in [7, 11) is 0. The average Bonchev–Trinajstić information content (AvgIpc) is 2.76. The van der Waals surface area contributed by atoms with Gasteiger partial charge in [-0.2, -0.15) is 0 Å². The predicted octanol–water partition coefficient (Wildman–Crippen LogP) is 2.84. The number of benzene rings is 1. The maximum atomic E-state index is 11.9. The third-order valence-electron chi connectivity index (χ3n) is 3.94. The van der Waals surface area contributed by atoms with Gasteiger partial charge >= 0.3 is 0 Å². The zero-order valence-electron chi connectivity index (χ0n) is 12.7. The van der Waals surface area contributed by atoms with Gasteiger partial charge in [-0.1, -0.05) is 49.4 Å². The molecule has 4 nitrogen and oxygen atoms in total. The number of hydrogen-bond donors (Lipinski definition) is 2. The summed E-state index contributed by atoms with van der Waals surface area (Å²) in [5, 5.41) is 6.33. The number of nitrogens with one attached hydrogen (secondary N) is 2. The molecule has 5 heteroatoms. The fraction of sp³-hybridized carbons (Fsp3) is 0.529. The average molecular weight is 323 g/mol. The van der Waals surface area contributed by atoms with Crippen LogP contribution in [0.25, 0.3) is 0 Å². The first kappa shape index (κ1) is 16.8. The molecule has 120 valence electrons. The van der Waals surface area contributed by atoms with Gasteiger partial charge in [0, 0.05) is 11.1 Å². The number of halogens is 1.